The first-order valence-corrected chi connectivity index (χ1v) is 10.6. The Morgan fingerprint density at radius 3 is 2.66 bits per heavy atom. The zero-order valence-electron chi connectivity index (χ0n) is 18.0. The van der Waals surface area contributed by atoms with Crippen LogP contribution in [0.1, 0.15) is 28.5 Å². The summed E-state index contributed by atoms with van der Waals surface area (Å²) in [6, 6.07) is 14.1. The number of aromatic nitrogens is 1. The quantitative estimate of drug-likeness (QED) is 0.479. The number of nitrogens with zero attached hydrogens (tertiary/aromatic N) is 2. The normalized spacial score (nSPS) is 19.9. The fraction of sp³-hybridized carbons (Fsp3) is 0.292. The zero-order valence-corrected chi connectivity index (χ0v) is 18.0. The van der Waals surface area contributed by atoms with Crippen LogP contribution < -0.4 is 10.2 Å². The number of hydrogen-bond donors (Lipinski definition) is 2. The Hall–Kier alpha value is -3.65. The van der Waals surface area contributed by atoms with Gasteiger partial charge in [-0.05, 0) is 49.2 Å². The largest absolute Gasteiger partial charge is 0.383 e. The number of carbonyl (C=O) groups excluding carboxylic acids is 3. The highest BCUT2D eigenvalue weighted by molar-refractivity contribution is 6.23. The van der Waals surface area contributed by atoms with E-state index in [1.54, 1.807) is 43.2 Å². The van der Waals surface area contributed by atoms with Gasteiger partial charge in [-0.3, -0.25) is 9.59 Å². The van der Waals surface area contributed by atoms with Crippen LogP contribution in [0.15, 0.2) is 48.5 Å². The van der Waals surface area contributed by atoms with Gasteiger partial charge in [-0.1, -0.05) is 18.2 Å². The Balaban J connectivity index is 1.47. The third-order valence-electron chi connectivity index (χ3n) is 6.45. The summed E-state index contributed by atoms with van der Waals surface area (Å²) >= 11 is 0. The fourth-order valence-corrected chi connectivity index (χ4v) is 4.75. The fourth-order valence-electron chi connectivity index (χ4n) is 4.75. The van der Waals surface area contributed by atoms with Crippen molar-refractivity contribution < 1.29 is 19.1 Å². The van der Waals surface area contributed by atoms with E-state index in [9.17, 15) is 14.4 Å². The number of benzene rings is 2. The Bertz CT molecular complexity index is 1230. The Morgan fingerprint density at radius 1 is 1.16 bits per heavy atom. The molecule has 1 aromatic heterocycles. The molecule has 4 amide bonds. The zero-order chi connectivity index (χ0) is 22.5. The topological polar surface area (TPSA) is 94.7 Å². The van der Waals surface area contributed by atoms with E-state index in [1.165, 1.54) is 4.90 Å². The van der Waals surface area contributed by atoms with E-state index in [0.717, 1.165) is 22.2 Å². The molecule has 8 nitrogen and oxygen atoms in total. The molecule has 1 atom stereocenters. The highest BCUT2D eigenvalue weighted by atomic mass is 16.5. The van der Waals surface area contributed by atoms with Crippen molar-refractivity contribution in [2.45, 2.75) is 18.9 Å². The van der Waals surface area contributed by atoms with Crippen molar-refractivity contribution in [3.05, 3.63) is 65.4 Å². The molecule has 0 spiro atoms. The molecule has 1 unspecified atom stereocenters. The first-order valence-electron chi connectivity index (χ1n) is 10.6. The minimum absolute atomic E-state index is 0.236. The minimum Gasteiger partial charge on any atom is -0.383 e. The lowest BCUT2D eigenvalue weighted by atomic mass is 9.87. The van der Waals surface area contributed by atoms with Crippen LogP contribution in [-0.2, 0) is 21.5 Å². The van der Waals surface area contributed by atoms with E-state index >= 15 is 0 Å². The molecule has 1 saturated heterocycles. The van der Waals surface area contributed by atoms with Gasteiger partial charge in [0.2, 0.25) is 0 Å². The van der Waals surface area contributed by atoms with E-state index < -0.39 is 5.54 Å². The van der Waals surface area contributed by atoms with Gasteiger partial charge in [0, 0.05) is 36.7 Å². The van der Waals surface area contributed by atoms with Crippen LogP contribution in [0.5, 0.6) is 0 Å². The lowest BCUT2D eigenvalue weighted by molar-refractivity contribution is -0.125. The highest BCUT2D eigenvalue weighted by Crippen LogP contribution is 2.45. The van der Waals surface area contributed by atoms with Crippen molar-refractivity contribution in [3.8, 4) is 0 Å². The molecule has 2 N–H and O–H groups in total. The number of para-hydroxylation sites is 1. The number of carbonyl (C=O) groups is 3. The standard InChI is InChI=1S/C24H24N4O4/c1-24-20-18(17-5-3-4-6-19(17)26-20)11-13-27(24)23(31)28(22(24)30)16-9-7-15(8-10-16)21(29)25-12-14-32-2/h3-10,26H,11-14H2,1-2H3,(H,25,29). The van der Waals surface area contributed by atoms with E-state index in [2.05, 4.69) is 10.3 Å². The summed E-state index contributed by atoms with van der Waals surface area (Å²) in [4.78, 5) is 45.4. The number of urea groups is 1. The Morgan fingerprint density at radius 2 is 1.91 bits per heavy atom. The summed E-state index contributed by atoms with van der Waals surface area (Å²) in [7, 11) is 1.57. The monoisotopic (exact) mass is 432 g/mol. The summed E-state index contributed by atoms with van der Waals surface area (Å²) in [5.41, 5.74) is 2.63. The average Bonchev–Trinajstić information content (AvgIpc) is 3.28. The molecule has 8 heteroatoms. The number of amides is 4. The van der Waals surface area contributed by atoms with Gasteiger partial charge in [-0.2, -0.15) is 0 Å². The van der Waals surface area contributed by atoms with Gasteiger partial charge in [0.1, 0.15) is 0 Å². The summed E-state index contributed by atoms with van der Waals surface area (Å²) in [6.45, 7) is 3.09. The number of H-pyrrole nitrogens is 1. The van der Waals surface area contributed by atoms with Crippen LogP contribution >= 0.6 is 0 Å². The number of fused-ring (bicyclic) bond motifs is 5. The second-order valence-corrected chi connectivity index (χ2v) is 8.22. The number of methoxy groups -OCH3 is 1. The van der Waals surface area contributed by atoms with Gasteiger partial charge in [0.25, 0.3) is 11.8 Å². The summed E-state index contributed by atoms with van der Waals surface area (Å²) in [5.74, 6) is -0.535. The molecule has 3 aromatic rings. The maximum absolute atomic E-state index is 13.7. The second-order valence-electron chi connectivity index (χ2n) is 8.22. The third-order valence-corrected chi connectivity index (χ3v) is 6.45. The van der Waals surface area contributed by atoms with Crippen LogP contribution in [0, 0.1) is 0 Å². The lowest BCUT2D eigenvalue weighted by Gasteiger charge is -2.35. The Labute approximate surface area is 185 Å². The van der Waals surface area contributed by atoms with E-state index in [4.69, 9.17) is 4.74 Å². The number of aromatic amines is 1. The van der Waals surface area contributed by atoms with Crippen LogP contribution in [0.2, 0.25) is 0 Å². The molecule has 0 aliphatic carbocycles. The maximum atomic E-state index is 13.7. The molecular weight excluding hydrogens is 408 g/mol. The predicted octanol–water partition coefficient (Wildman–Crippen LogP) is 2.78. The number of rotatable bonds is 5. The molecule has 1 fully saturated rings. The highest BCUT2D eigenvalue weighted by Gasteiger charge is 2.58. The lowest BCUT2D eigenvalue weighted by Crippen LogP contribution is -2.49. The van der Waals surface area contributed by atoms with Crippen LogP contribution in [0.3, 0.4) is 0 Å². The molecule has 3 heterocycles. The maximum Gasteiger partial charge on any atom is 0.332 e. The van der Waals surface area contributed by atoms with Crippen molar-refractivity contribution in [1.82, 2.24) is 15.2 Å². The summed E-state index contributed by atoms with van der Waals surface area (Å²) in [6.07, 6.45) is 0.683. The molecule has 2 aliphatic rings. The summed E-state index contributed by atoms with van der Waals surface area (Å²) in [5, 5.41) is 3.84. The number of imide groups is 1. The molecule has 2 aliphatic heterocycles. The SMILES string of the molecule is COCCNC(=O)c1ccc(N2C(=O)N3CCc4c([nH]c5ccccc45)C3(C)C2=O)cc1. The van der Waals surface area contributed by atoms with Gasteiger partial charge in [-0.25, -0.2) is 9.69 Å². The average molecular weight is 432 g/mol. The molecule has 2 aromatic carbocycles. The first-order chi connectivity index (χ1) is 15.5. The first kappa shape index (κ1) is 20.3. The number of anilines is 1. The van der Waals surface area contributed by atoms with Crippen molar-refractivity contribution in [3.63, 3.8) is 0 Å². The van der Waals surface area contributed by atoms with Gasteiger partial charge in [-0.15, -0.1) is 0 Å². The smallest absolute Gasteiger partial charge is 0.332 e. The van der Waals surface area contributed by atoms with Crippen molar-refractivity contribution >= 4 is 34.4 Å². The molecule has 164 valence electrons. The van der Waals surface area contributed by atoms with Crippen molar-refractivity contribution in [2.75, 3.05) is 31.7 Å². The van der Waals surface area contributed by atoms with Crippen LogP contribution in [-0.4, -0.2) is 54.5 Å². The molecule has 0 bridgehead atoms. The molecule has 5 rings (SSSR count). The molecule has 0 saturated carbocycles. The number of nitrogens with one attached hydrogen (secondary N) is 2. The van der Waals surface area contributed by atoms with Gasteiger partial charge < -0.3 is 19.9 Å². The van der Waals surface area contributed by atoms with E-state index in [1.807, 2.05) is 24.3 Å². The van der Waals surface area contributed by atoms with Crippen molar-refractivity contribution in [2.24, 2.45) is 0 Å². The van der Waals surface area contributed by atoms with Crippen LogP contribution in [0.25, 0.3) is 10.9 Å². The minimum atomic E-state index is -1.10. The van der Waals surface area contributed by atoms with E-state index in [-0.39, 0.29) is 17.8 Å². The number of ether oxygens (including phenoxy) is 1. The van der Waals surface area contributed by atoms with Gasteiger partial charge in [0.15, 0.2) is 5.54 Å². The van der Waals surface area contributed by atoms with Crippen LogP contribution in [0.4, 0.5) is 10.5 Å². The molecular formula is C24H24N4O4. The van der Waals surface area contributed by atoms with E-state index in [0.29, 0.717) is 37.4 Å². The summed E-state index contributed by atoms with van der Waals surface area (Å²) < 4.78 is 4.93. The molecule has 32 heavy (non-hydrogen) atoms. The number of hydrogen-bond acceptors (Lipinski definition) is 4. The Kier molecular flexibility index (Phi) is 4.74. The van der Waals surface area contributed by atoms with Gasteiger partial charge in [0.05, 0.1) is 18.0 Å². The van der Waals surface area contributed by atoms with Gasteiger partial charge >= 0.3 is 6.03 Å². The molecule has 0 radical (unpaired) electrons. The predicted molar refractivity (Wildman–Crippen MR) is 120 cm³/mol. The van der Waals surface area contributed by atoms with Crippen molar-refractivity contribution in [1.29, 1.82) is 0 Å². The second kappa shape index (κ2) is 7.49. The third kappa shape index (κ3) is 2.83.